The van der Waals surface area contributed by atoms with Crippen LogP contribution in [0.25, 0.3) is 0 Å². The highest BCUT2D eigenvalue weighted by atomic mass is 32.7. The second kappa shape index (κ2) is 5.47. The second-order valence-electron chi connectivity index (χ2n) is 2.55. The van der Waals surface area contributed by atoms with Crippen LogP contribution in [0.15, 0.2) is 11.6 Å². The van der Waals surface area contributed by atoms with Gasteiger partial charge in [0.05, 0.1) is 7.82 Å². The zero-order valence-corrected chi connectivity index (χ0v) is 10.1. The first kappa shape index (κ1) is 14.4. The molecule has 0 saturated heterocycles. The quantitative estimate of drug-likeness (QED) is 0.504. The van der Waals surface area contributed by atoms with Crippen molar-refractivity contribution in [3.63, 3.8) is 0 Å². The standard InChI is InChI=1S/C5H12O6P2S/c1-5(2)3-4-14-13(9,10)11-12(6,7)8/h3H,4H2,1-2H3,(H,9,10)(H2,6,7,8)/p-3. The molecule has 84 valence electrons. The molecule has 14 heavy (non-hydrogen) atoms. The van der Waals surface area contributed by atoms with Crippen molar-refractivity contribution in [2.24, 2.45) is 0 Å². The highest BCUT2D eigenvalue weighted by molar-refractivity contribution is 8.54. The normalized spacial score (nSPS) is 16.1. The highest BCUT2D eigenvalue weighted by Crippen LogP contribution is 2.59. The van der Waals surface area contributed by atoms with Gasteiger partial charge in [0, 0.05) is 5.75 Å². The molecule has 0 fully saturated rings. The maximum atomic E-state index is 10.8. The van der Waals surface area contributed by atoms with E-state index >= 15 is 0 Å². The molecule has 0 aromatic rings. The molecule has 0 rings (SSSR count). The first-order valence-electron chi connectivity index (χ1n) is 3.45. The Morgan fingerprint density at radius 3 is 2.21 bits per heavy atom. The van der Waals surface area contributed by atoms with E-state index < -0.39 is 14.6 Å². The van der Waals surface area contributed by atoms with Crippen LogP contribution in [0, 0.1) is 0 Å². The summed E-state index contributed by atoms with van der Waals surface area (Å²) in [5, 5.41) is 0. The third-order valence-electron chi connectivity index (χ3n) is 0.924. The van der Waals surface area contributed by atoms with Crippen molar-refractivity contribution in [3.8, 4) is 0 Å². The summed E-state index contributed by atoms with van der Waals surface area (Å²) in [4.78, 5) is 30.8. The van der Waals surface area contributed by atoms with Crippen molar-refractivity contribution >= 4 is 26.0 Å². The van der Waals surface area contributed by atoms with Crippen LogP contribution in [0.3, 0.4) is 0 Å². The number of allylic oxidation sites excluding steroid dienone is 1. The van der Waals surface area contributed by atoms with Gasteiger partial charge in [-0.05, 0) is 13.8 Å². The number of phosphoric acid groups is 1. The third-order valence-corrected chi connectivity index (χ3v) is 5.15. The van der Waals surface area contributed by atoms with E-state index in [0.717, 1.165) is 5.57 Å². The van der Waals surface area contributed by atoms with E-state index in [1.165, 1.54) is 0 Å². The Labute approximate surface area is 85.9 Å². The van der Waals surface area contributed by atoms with Gasteiger partial charge in [0.2, 0.25) is 0 Å². The summed E-state index contributed by atoms with van der Waals surface area (Å²) in [6.07, 6.45) is 1.57. The van der Waals surface area contributed by atoms with Gasteiger partial charge in [-0.25, -0.2) is 0 Å². The van der Waals surface area contributed by atoms with Gasteiger partial charge in [-0.15, -0.1) is 0 Å². The van der Waals surface area contributed by atoms with E-state index in [1.807, 2.05) is 0 Å². The van der Waals surface area contributed by atoms with Crippen LogP contribution in [-0.2, 0) is 13.4 Å². The van der Waals surface area contributed by atoms with Crippen LogP contribution in [0.4, 0.5) is 0 Å². The molecule has 0 saturated carbocycles. The van der Waals surface area contributed by atoms with E-state index in [1.54, 1.807) is 19.9 Å². The van der Waals surface area contributed by atoms with Crippen molar-refractivity contribution in [1.29, 1.82) is 0 Å². The summed E-state index contributed by atoms with van der Waals surface area (Å²) in [5.74, 6) is 0.0448. The predicted octanol–water partition coefficient (Wildman–Crippen LogP) is -0.000500. The Bertz CT molecular complexity index is 303. The summed E-state index contributed by atoms with van der Waals surface area (Å²) in [5.41, 5.74) is 0.880. The minimum absolute atomic E-state index is 0.0448. The van der Waals surface area contributed by atoms with E-state index in [9.17, 15) is 23.8 Å². The smallest absolute Gasteiger partial charge is 0.196 e. The predicted molar refractivity (Wildman–Crippen MR) is 48.2 cm³/mol. The lowest BCUT2D eigenvalue weighted by molar-refractivity contribution is -0.337. The molecule has 0 radical (unpaired) electrons. The summed E-state index contributed by atoms with van der Waals surface area (Å²) in [6.45, 7) is -1.13. The first-order valence-corrected chi connectivity index (χ1v) is 8.04. The average Bonchev–Trinajstić information content (AvgIpc) is 1.78. The molecule has 1 unspecified atom stereocenters. The highest BCUT2D eigenvalue weighted by Gasteiger charge is 2.10. The molecule has 9 heteroatoms. The molecule has 0 aliphatic rings. The van der Waals surface area contributed by atoms with Crippen LogP contribution in [0.1, 0.15) is 13.8 Å². The lowest BCUT2D eigenvalue weighted by atomic mass is 10.3. The van der Waals surface area contributed by atoms with E-state index in [0.29, 0.717) is 0 Å². The molecule has 0 aliphatic carbocycles. The van der Waals surface area contributed by atoms with E-state index in [-0.39, 0.29) is 17.1 Å². The second-order valence-corrected chi connectivity index (χ2v) is 7.70. The lowest BCUT2D eigenvalue weighted by Crippen LogP contribution is -2.17. The summed E-state index contributed by atoms with van der Waals surface area (Å²) < 4.78 is 24.2. The summed E-state index contributed by atoms with van der Waals surface area (Å²) in [6, 6.07) is 0. The fourth-order valence-electron chi connectivity index (χ4n) is 0.441. The molecule has 0 aromatic heterocycles. The number of hydrogen-bond donors (Lipinski definition) is 0. The van der Waals surface area contributed by atoms with Crippen LogP contribution in [0.2, 0.25) is 0 Å². The number of rotatable bonds is 5. The molecule has 1 atom stereocenters. The molecule has 0 heterocycles. The zero-order chi connectivity index (χ0) is 11.4. The Morgan fingerprint density at radius 2 is 1.86 bits per heavy atom. The largest absolute Gasteiger partial charge is 0.790 e. The lowest BCUT2D eigenvalue weighted by Gasteiger charge is -2.35. The van der Waals surface area contributed by atoms with Crippen LogP contribution < -0.4 is 14.7 Å². The van der Waals surface area contributed by atoms with Gasteiger partial charge < -0.3 is 19.2 Å². The molecule has 0 aliphatic heterocycles. The molecule has 6 nitrogen and oxygen atoms in total. The first-order chi connectivity index (χ1) is 6.12. The van der Waals surface area contributed by atoms with Crippen LogP contribution in [-0.4, -0.2) is 5.75 Å². The monoisotopic (exact) mass is 259 g/mol. The molecule has 0 aromatic carbocycles. The van der Waals surface area contributed by atoms with Gasteiger partial charge in [-0.1, -0.05) is 23.0 Å². The van der Waals surface area contributed by atoms with E-state index in [2.05, 4.69) is 4.31 Å². The van der Waals surface area contributed by atoms with Crippen molar-refractivity contribution in [3.05, 3.63) is 11.6 Å². The molecule has 0 N–H and O–H groups in total. The van der Waals surface area contributed by atoms with Gasteiger partial charge >= 0.3 is 0 Å². The Balaban J connectivity index is 4.17. The van der Waals surface area contributed by atoms with Gasteiger partial charge in [0.15, 0.2) is 6.80 Å². The van der Waals surface area contributed by atoms with Crippen molar-refractivity contribution in [2.45, 2.75) is 13.8 Å². The fraction of sp³-hybridized carbons (Fsp3) is 0.600. The molecular weight excluding hydrogens is 250 g/mol. The van der Waals surface area contributed by atoms with Gasteiger partial charge in [0.1, 0.15) is 0 Å². The number of hydrogen-bond acceptors (Lipinski definition) is 7. The molecule has 0 amide bonds. The van der Waals surface area contributed by atoms with Crippen molar-refractivity contribution < 1.29 is 28.1 Å². The van der Waals surface area contributed by atoms with Crippen LogP contribution >= 0.6 is 26.0 Å². The maximum Gasteiger partial charge on any atom is 0.196 e. The molecule has 0 spiro atoms. The topological polar surface area (TPSA) is 113 Å². The average molecular weight is 259 g/mol. The minimum atomic E-state index is -5.47. The van der Waals surface area contributed by atoms with Crippen LogP contribution in [0.5, 0.6) is 0 Å². The summed E-state index contributed by atoms with van der Waals surface area (Å²) in [7, 11) is -5.47. The van der Waals surface area contributed by atoms with Gasteiger partial charge in [0.25, 0.3) is 0 Å². The fourth-order valence-corrected chi connectivity index (χ4v) is 4.13. The maximum absolute atomic E-state index is 10.8. The van der Waals surface area contributed by atoms with Crippen molar-refractivity contribution in [1.82, 2.24) is 0 Å². The van der Waals surface area contributed by atoms with Crippen molar-refractivity contribution in [2.75, 3.05) is 5.75 Å². The Kier molecular flexibility index (Phi) is 5.62. The molecule has 0 bridgehead atoms. The zero-order valence-electron chi connectivity index (χ0n) is 7.54. The minimum Gasteiger partial charge on any atom is -0.790 e. The van der Waals surface area contributed by atoms with Gasteiger partial charge in [-0.3, -0.25) is 8.88 Å². The molecular formula is C5H9O6P2S-3. The Hall–Kier alpha value is 0.390. The third kappa shape index (κ3) is 8.97. The summed E-state index contributed by atoms with van der Waals surface area (Å²) >= 11 is 0.263. The van der Waals surface area contributed by atoms with E-state index in [4.69, 9.17) is 0 Å². The van der Waals surface area contributed by atoms with Gasteiger partial charge in [-0.2, -0.15) is 0 Å². The Morgan fingerprint density at radius 1 is 1.36 bits per heavy atom. The SMILES string of the molecule is CC(C)=CCSP(=O)([O-])OP(=O)([O-])[O-].